The van der Waals surface area contributed by atoms with Crippen LogP contribution in [0.5, 0.6) is 0 Å². The Morgan fingerprint density at radius 2 is 2.05 bits per heavy atom. The van der Waals surface area contributed by atoms with E-state index in [1.165, 1.54) is 5.56 Å². The lowest BCUT2D eigenvalue weighted by Crippen LogP contribution is -2.46. The maximum absolute atomic E-state index is 12.3. The first kappa shape index (κ1) is 13.3. The summed E-state index contributed by atoms with van der Waals surface area (Å²) in [5.74, 6) is 0.493. The third kappa shape index (κ3) is 1.41. The minimum atomic E-state index is -0.331. The van der Waals surface area contributed by atoms with Gasteiger partial charge < -0.3 is 10.5 Å². The zero-order chi connectivity index (χ0) is 14.7. The topological polar surface area (TPSA) is 52.3 Å². The second-order valence-electron chi connectivity index (χ2n) is 7.34. The summed E-state index contributed by atoms with van der Waals surface area (Å²) >= 11 is 0. The summed E-state index contributed by atoms with van der Waals surface area (Å²) in [6.07, 6.45) is 4.06. The molecule has 0 saturated heterocycles. The zero-order valence-electron chi connectivity index (χ0n) is 12.6. The van der Waals surface area contributed by atoms with E-state index in [1.54, 1.807) is 0 Å². The van der Waals surface area contributed by atoms with Gasteiger partial charge in [-0.15, -0.1) is 0 Å². The Balaban J connectivity index is 1.79. The minimum Gasteiger partial charge on any atom is -0.381 e. The molecule has 2 N–H and O–H groups in total. The molecule has 0 radical (unpaired) electrons. The van der Waals surface area contributed by atoms with E-state index >= 15 is 0 Å². The predicted molar refractivity (Wildman–Crippen MR) is 80.6 cm³/mol. The van der Waals surface area contributed by atoms with Gasteiger partial charge in [-0.2, -0.15) is 0 Å². The van der Waals surface area contributed by atoms with Gasteiger partial charge in [-0.25, -0.2) is 0 Å². The molecule has 4 saturated carbocycles. The highest BCUT2D eigenvalue weighted by Crippen LogP contribution is 2.81. The standard InChI is InChI=1S/C18H23NO2/c1-2-21-12-16-8-14-9-18(16,15(19)20)11-17(14,10-16)13-6-4-3-5-7-13/h3-7,14H,2,8-12H2,1H3,(H2,19,20)/t14?,16-,17+,18?/m1/s1. The summed E-state index contributed by atoms with van der Waals surface area (Å²) in [5, 5.41) is 0. The van der Waals surface area contributed by atoms with Gasteiger partial charge in [0, 0.05) is 12.0 Å². The first-order valence-electron chi connectivity index (χ1n) is 8.02. The average Bonchev–Trinajstić information content (AvgIpc) is 3.15. The van der Waals surface area contributed by atoms with Crippen LogP contribution in [-0.4, -0.2) is 19.1 Å². The summed E-state index contributed by atoms with van der Waals surface area (Å²) in [4.78, 5) is 12.3. The number of primary amides is 1. The normalized spacial score (nSPS) is 42.8. The summed E-state index contributed by atoms with van der Waals surface area (Å²) in [6, 6.07) is 10.7. The van der Waals surface area contributed by atoms with Gasteiger partial charge in [0.25, 0.3) is 0 Å². The van der Waals surface area contributed by atoms with Gasteiger partial charge in [-0.05, 0) is 49.5 Å². The molecule has 0 aromatic heterocycles. The minimum absolute atomic E-state index is 0.0185. The number of rotatable bonds is 5. The Bertz CT molecular complexity index is 586. The Morgan fingerprint density at radius 3 is 2.71 bits per heavy atom. The number of benzene rings is 1. The van der Waals surface area contributed by atoms with Crippen LogP contribution in [0.1, 0.15) is 38.2 Å². The fraction of sp³-hybridized carbons (Fsp3) is 0.611. The predicted octanol–water partition coefficient (Wildman–Crippen LogP) is 2.64. The monoisotopic (exact) mass is 285 g/mol. The van der Waals surface area contributed by atoms with Gasteiger partial charge in [0.2, 0.25) is 5.91 Å². The molecular formula is C18H23NO2. The fourth-order valence-electron chi connectivity index (χ4n) is 5.97. The molecule has 1 aromatic rings. The van der Waals surface area contributed by atoms with E-state index in [0.717, 1.165) is 25.7 Å². The molecule has 1 amide bonds. The van der Waals surface area contributed by atoms with Gasteiger partial charge in [0.05, 0.1) is 12.0 Å². The molecule has 0 aliphatic heterocycles. The summed E-state index contributed by atoms with van der Waals surface area (Å²) in [5.41, 5.74) is 7.09. The molecule has 4 fully saturated rings. The summed E-state index contributed by atoms with van der Waals surface area (Å²) in [7, 11) is 0. The molecule has 1 aromatic carbocycles. The lowest BCUT2D eigenvalue weighted by Gasteiger charge is -2.37. The van der Waals surface area contributed by atoms with Crippen LogP contribution in [0.15, 0.2) is 30.3 Å². The number of ether oxygens (including phenoxy) is 1. The number of amides is 1. The van der Waals surface area contributed by atoms with Crippen LogP contribution in [0.25, 0.3) is 0 Å². The van der Waals surface area contributed by atoms with Crippen molar-refractivity contribution in [2.24, 2.45) is 22.5 Å². The summed E-state index contributed by atoms with van der Waals surface area (Å²) < 4.78 is 5.78. The number of hydrogen-bond donors (Lipinski definition) is 1. The Kier molecular flexibility index (Phi) is 2.60. The molecule has 4 aliphatic carbocycles. The Labute approximate surface area is 125 Å². The molecule has 4 atom stereocenters. The van der Waals surface area contributed by atoms with Crippen LogP contribution < -0.4 is 5.73 Å². The van der Waals surface area contributed by atoms with Crippen molar-refractivity contribution < 1.29 is 9.53 Å². The first-order chi connectivity index (χ1) is 10.1. The number of nitrogens with two attached hydrogens (primary N) is 1. The van der Waals surface area contributed by atoms with Crippen molar-refractivity contribution in [2.75, 3.05) is 13.2 Å². The van der Waals surface area contributed by atoms with Gasteiger partial charge in [0.1, 0.15) is 0 Å². The highest BCUT2D eigenvalue weighted by Gasteiger charge is 2.79. The third-order valence-corrected chi connectivity index (χ3v) is 6.70. The molecule has 4 aliphatic rings. The number of carbonyl (C=O) groups excluding carboxylic acids is 1. The largest absolute Gasteiger partial charge is 0.381 e. The lowest BCUT2D eigenvalue weighted by molar-refractivity contribution is -0.135. The molecule has 5 rings (SSSR count). The smallest absolute Gasteiger partial charge is 0.224 e. The Morgan fingerprint density at radius 1 is 1.29 bits per heavy atom. The molecule has 2 unspecified atom stereocenters. The molecule has 3 heteroatoms. The van der Waals surface area contributed by atoms with Crippen LogP contribution in [0, 0.1) is 16.7 Å². The molecule has 21 heavy (non-hydrogen) atoms. The van der Waals surface area contributed by atoms with Crippen LogP contribution >= 0.6 is 0 Å². The Hall–Kier alpha value is -1.35. The quantitative estimate of drug-likeness (QED) is 0.904. The van der Waals surface area contributed by atoms with Crippen molar-refractivity contribution in [3.8, 4) is 0 Å². The van der Waals surface area contributed by atoms with Crippen molar-refractivity contribution in [3.05, 3.63) is 35.9 Å². The molecule has 0 heterocycles. The number of hydrogen-bond acceptors (Lipinski definition) is 2. The van der Waals surface area contributed by atoms with E-state index in [9.17, 15) is 4.79 Å². The zero-order valence-corrected chi connectivity index (χ0v) is 12.6. The second kappa shape index (κ2) is 4.10. The van der Waals surface area contributed by atoms with Crippen LogP contribution in [0.3, 0.4) is 0 Å². The maximum atomic E-state index is 12.3. The van der Waals surface area contributed by atoms with Gasteiger partial charge >= 0.3 is 0 Å². The SMILES string of the molecule is CCOC[C@]12CC3CC1(C(N)=O)C[C@]3(c1ccccc1)C2. The van der Waals surface area contributed by atoms with Crippen molar-refractivity contribution in [1.29, 1.82) is 0 Å². The fourth-order valence-corrected chi connectivity index (χ4v) is 5.97. The van der Waals surface area contributed by atoms with Crippen LogP contribution in [-0.2, 0) is 14.9 Å². The van der Waals surface area contributed by atoms with E-state index in [0.29, 0.717) is 19.1 Å². The van der Waals surface area contributed by atoms with E-state index in [1.807, 2.05) is 6.92 Å². The van der Waals surface area contributed by atoms with Crippen molar-refractivity contribution in [2.45, 2.75) is 38.0 Å². The van der Waals surface area contributed by atoms with Crippen molar-refractivity contribution in [3.63, 3.8) is 0 Å². The molecule has 4 bridgehead atoms. The summed E-state index contributed by atoms with van der Waals surface area (Å²) in [6.45, 7) is 3.42. The molecule has 112 valence electrons. The molecule has 3 nitrogen and oxygen atoms in total. The maximum Gasteiger partial charge on any atom is 0.224 e. The first-order valence-corrected chi connectivity index (χ1v) is 8.02. The number of carbonyl (C=O) groups is 1. The third-order valence-electron chi connectivity index (χ3n) is 6.70. The van der Waals surface area contributed by atoms with E-state index in [4.69, 9.17) is 10.5 Å². The van der Waals surface area contributed by atoms with Crippen molar-refractivity contribution in [1.82, 2.24) is 0 Å². The van der Waals surface area contributed by atoms with E-state index < -0.39 is 0 Å². The van der Waals surface area contributed by atoms with Gasteiger partial charge in [0.15, 0.2) is 0 Å². The van der Waals surface area contributed by atoms with Crippen LogP contribution in [0.2, 0.25) is 0 Å². The highest BCUT2D eigenvalue weighted by molar-refractivity contribution is 5.84. The van der Waals surface area contributed by atoms with Crippen LogP contribution in [0.4, 0.5) is 0 Å². The van der Waals surface area contributed by atoms with Gasteiger partial charge in [-0.1, -0.05) is 30.3 Å². The average molecular weight is 285 g/mol. The van der Waals surface area contributed by atoms with Crippen molar-refractivity contribution >= 4 is 5.91 Å². The second-order valence-corrected chi connectivity index (χ2v) is 7.34. The highest BCUT2D eigenvalue weighted by atomic mass is 16.5. The molecular weight excluding hydrogens is 262 g/mol. The van der Waals surface area contributed by atoms with Gasteiger partial charge in [-0.3, -0.25) is 4.79 Å². The molecule has 0 spiro atoms. The van der Waals surface area contributed by atoms with E-state index in [2.05, 4.69) is 30.3 Å². The van der Waals surface area contributed by atoms with E-state index in [-0.39, 0.29) is 22.2 Å². The lowest BCUT2D eigenvalue weighted by atomic mass is 9.68.